The molecule has 0 aliphatic rings. The summed E-state index contributed by atoms with van der Waals surface area (Å²) in [6.45, 7) is 3.81. The van der Waals surface area contributed by atoms with E-state index in [1.165, 1.54) is 7.11 Å². The summed E-state index contributed by atoms with van der Waals surface area (Å²) in [6.07, 6.45) is 4.22. The summed E-state index contributed by atoms with van der Waals surface area (Å²) < 4.78 is 4.49. The molecular formula is C9H18O2S. The van der Waals surface area contributed by atoms with Crippen LogP contribution in [0.4, 0.5) is 0 Å². The Kier molecular flexibility index (Phi) is 10.2. The van der Waals surface area contributed by atoms with Gasteiger partial charge in [0.05, 0.1) is 7.11 Å². The van der Waals surface area contributed by atoms with Crippen molar-refractivity contribution in [2.24, 2.45) is 0 Å². The second-order valence-electron chi connectivity index (χ2n) is 2.17. The third kappa shape index (κ3) is 7.66. The van der Waals surface area contributed by atoms with Gasteiger partial charge in [-0.25, -0.2) is 0 Å². The maximum absolute atomic E-state index is 10.6. The molecule has 2 nitrogen and oxygen atoms in total. The first-order valence-corrected chi connectivity index (χ1v) is 4.71. The Bertz CT molecular complexity index is 127. The van der Waals surface area contributed by atoms with E-state index in [9.17, 15) is 4.79 Å². The molecular weight excluding hydrogens is 172 g/mol. The lowest BCUT2D eigenvalue weighted by Crippen LogP contribution is -1.99. The largest absolute Gasteiger partial charge is 0.469 e. The molecule has 12 heavy (non-hydrogen) atoms. The van der Waals surface area contributed by atoms with Crippen molar-refractivity contribution >= 4 is 17.7 Å². The van der Waals surface area contributed by atoms with Crippen LogP contribution in [0.1, 0.15) is 26.7 Å². The van der Waals surface area contributed by atoms with E-state index in [2.05, 4.69) is 11.3 Å². The van der Waals surface area contributed by atoms with Gasteiger partial charge in [-0.1, -0.05) is 14.0 Å². The summed E-state index contributed by atoms with van der Waals surface area (Å²) in [5.41, 5.74) is 0. The zero-order valence-electron chi connectivity index (χ0n) is 7.05. The minimum atomic E-state index is -0.140. The standard InChI is InChI=1S/C8H14O2S.CH4/c1-7(11-3)5-4-6-8(9)10-2;/h1,4-6H2,2-3H3;1H4. The highest BCUT2D eigenvalue weighted by Gasteiger charge is 1.99. The van der Waals surface area contributed by atoms with Crippen LogP contribution in [-0.2, 0) is 9.53 Å². The quantitative estimate of drug-likeness (QED) is 0.624. The van der Waals surface area contributed by atoms with Crippen LogP contribution < -0.4 is 0 Å². The minimum absolute atomic E-state index is 0. The predicted molar refractivity (Wildman–Crippen MR) is 55.3 cm³/mol. The van der Waals surface area contributed by atoms with E-state index in [1.54, 1.807) is 11.8 Å². The van der Waals surface area contributed by atoms with Gasteiger partial charge in [0.25, 0.3) is 0 Å². The summed E-state index contributed by atoms with van der Waals surface area (Å²) >= 11 is 1.64. The molecule has 0 aliphatic heterocycles. The maximum Gasteiger partial charge on any atom is 0.305 e. The normalized spacial score (nSPS) is 8.50. The van der Waals surface area contributed by atoms with Gasteiger partial charge in [0.2, 0.25) is 0 Å². The third-order valence-corrected chi connectivity index (χ3v) is 2.13. The molecule has 0 aromatic rings. The van der Waals surface area contributed by atoms with E-state index in [4.69, 9.17) is 0 Å². The Morgan fingerprint density at radius 1 is 1.50 bits per heavy atom. The molecule has 0 aliphatic carbocycles. The van der Waals surface area contributed by atoms with Crippen molar-refractivity contribution in [1.82, 2.24) is 0 Å². The second kappa shape index (κ2) is 8.65. The van der Waals surface area contributed by atoms with Gasteiger partial charge in [0.1, 0.15) is 0 Å². The SMILES string of the molecule is C.C=C(CCCC(=O)OC)SC. The number of allylic oxidation sites excluding steroid dienone is 1. The molecule has 0 amide bonds. The fourth-order valence-corrected chi connectivity index (χ4v) is 0.982. The van der Waals surface area contributed by atoms with Crippen molar-refractivity contribution in [3.63, 3.8) is 0 Å². The van der Waals surface area contributed by atoms with Gasteiger partial charge in [-0.05, 0) is 24.0 Å². The highest BCUT2D eigenvalue weighted by Crippen LogP contribution is 2.15. The van der Waals surface area contributed by atoms with E-state index < -0.39 is 0 Å². The first-order chi connectivity index (χ1) is 5.20. The number of carbonyl (C=O) groups excluding carboxylic acids is 1. The average molecular weight is 190 g/mol. The maximum atomic E-state index is 10.6. The van der Waals surface area contributed by atoms with E-state index in [0.29, 0.717) is 6.42 Å². The molecule has 0 N–H and O–H groups in total. The first kappa shape index (κ1) is 14.1. The molecule has 0 spiro atoms. The summed E-state index contributed by atoms with van der Waals surface area (Å²) in [5, 5.41) is 0. The summed E-state index contributed by atoms with van der Waals surface area (Å²) in [7, 11) is 1.41. The van der Waals surface area contributed by atoms with Crippen molar-refractivity contribution in [3.05, 3.63) is 11.5 Å². The lowest BCUT2D eigenvalue weighted by molar-refractivity contribution is -0.140. The van der Waals surface area contributed by atoms with Crippen LogP contribution in [0.25, 0.3) is 0 Å². The molecule has 0 aromatic heterocycles. The molecule has 0 rings (SSSR count). The molecule has 0 radical (unpaired) electrons. The monoisotopic (exact) mass is 190 g/mol. The fraction of sp³-hybridized carbons (Fsp3) is 0.667. The fourth-order valence-electron chi connectivity index (χ4n) is 0.634. The van der Waals surface area contributed by atoms with Crippen LogP contribution >= 0.6 is 11.8 Å². The van der Waals surface area contributed by atoms with Crippen molar-refractivity contribution in [2.45, 2.75) is 26.7 Å². The molecule has 0 fully saturated rings. The van der Waals surface area contributed by atoms with E-state index in [-0.39, 0.29) is 13.4 Å². The summed E-state index contributed by atoms with van der Waals surface area (Å²) in [5.74, 6) is -0.140. The van der Waals surface area contributed by atoms with Gasteiger partial charge >= 0.3 is 5.97 Å². The lowest BCUT2D eigenvalue weighted by Gasteiger charge is -2.00. The first-order valence-electron chi connectivity index (χ1n) is 3.49. The van der Waals surface area contributed by atoms with E-state index in [0.717, 1.165) is 17.7 Å². The van der Waals surface area contributed by atoms with Gasteiger partial charge in [-0.2, -0.15) is 0 Å². The number of hydrogen-bond acceptors (Lipinski definition) is 3. The Balaban J connectivity index is 0. The number of thioether (sulfide) groups is 1. The molecule has 0 heterocycles. The molecule has 0 saturated carbocycles. The molecule has 0 atom stereocenters. The number of ether oxygens (including phenoxy) is 1. The Morgan fingerprint density at radius 3 is 2.50 bits per heavy atom. The zero-order valence-corrected chi connectivity index (χ0v) is 7.87. The Morgan fingerprint density at radius 2 is 2.08 bits per heavy atom. The van der Waals surface area contributed by atoms with Crippen LogP contribution in [0.5, 0.6) is 0 Å². The number of hydrogen-bond donors (Lipinski definition) is 0. The van der Waals surface area contributed by atoms with E-state index >= 15 is 0 Å². The molecule has 0 saturated heterocycles. The van der Waals surface area contributed by atoms with Crippen molar-refractivity contribution in [2.75, 3.05) is 13.4 Å². The topological polar surface area (TPSA) is 26.3 Å². The zero-order chi connectivity index (χ0) is 8.69. The predicted octanol–water partition coefficient (Wildman–Crippen LogP) is 2.84. The van der Waals surface area contributed by atoms with Gasteiger partial charge < -0.3 is 4.74 Å². The summed E-state index contributed by atoms with van der Waals surface area (Å²) in [4.78, 5) is 11.7. The van der Waals surface area contributed by atoms with Crippen LogP contribution in [0.15, 0.2) is 11.5 Å². The number of methoxy groups -OCH3 is 1. The second-order valence-corrected chi connectivity index (χ2v) is 3.16. The molecule has 0 unspecified atom stereocenters. The number of carbonyl (C=O) groups is 1. The van der Waals surface area contributed by atoms with Crippen molar-refractivity contribution < 1.29 is 9.53 Å². The highest BCUT2D eigenvalue weighted by atomic mass is 32.2. The van der Waals surface area contributed by atoms with Gasteiger partial charge in [0, 0.05) is 6.42 Å². The van der Waals surface area contributed by atoms with Gasteiger partial charge in [0.15, 0.2) is 0 Å². The molecule has 72 valence electrons. The smallest absolute Gasteiger partial charge is 0.305 e. The Labute approximate surface area is 79.4 Å². The minimum Gasteiger partial charge on any atom is -0.469 e. The number of esters is 1. The lowest BCUT2D eigenvalue weighted by atomic mass is 10.2. The average Bonchev–Trinajstić information content (AvgIpc) is 2.04. The van der Waals surface area contributed by atoms with Crippen LogP contribution in [-0.4, -0.2) is 19.3 Å². The third-order valence-electron chi connectivity index (χ3n) is 1.35. The van der Waals surface area contributed by atoms with Crippen LogP contribution in [0.3, 0.4) is 0 Å². The van der Waals surface area contributed by atoms with Crippen LogP contribution in [0, 0.1) is 0 Å². The van der Waals surface area contributed by atoms with Crippen molar-refractivity contribution in [3.8, 4) is 0 Å². The summed E-state index contributed by atoms with van der Waals surface area (Å²) in [6, 6.07) is 0. The van der Waals surface area contributed by atoms with Gasteiger partial charge in [-0.15, -0.1) is 11.8 Å². The molecule has 3 heteroatoms. The van der Waals surface area contributed by atoms with Crippen molar-refractivity contribution in [1.29, 1.82) is 0 Å². The molecule has 0 aromatic carbocycles. The molecule has 0 bridgehead atoms. The van der Waals surface area contributed by atoms with E-state index in [1.807, 2.05) is 6.26 Å². The highest BCUT2D eigenvalue weighted by molar-refractivity contribution is 8.02. The number of rotatable bonds is 5. The Hall–Kier alpha value is -0.440. The van der Waals surface area contributed by atoms with Crippen LogP contribution in [0.2, 0.25) is 0 Å². The van der Waals surface area contributed by atoms with Gasteiger partial charge in [-0.3, -0.25) is 4.79 Å².